The maximum absolute atomic E-state index is 13.2. The minimum Gasteiger partial charge on any atom is -0.395 e. The lowest BCUT2D eigenvalue weighted by Gasteiger charge is -2.08. The smallest absolute Gasteiger partial charge is 0.243 e. The van der Waals surface area contributed by atoms with Gasteiger partial charge < -0.3 is 5.73 Å². The molecule has 0 bridgehead atoms. The van der Waals surface area contributed by atoms with Crippen molar-refractivity contribution in [2.75, 3.05) is 5.73 Å². The van der Waals surface area contributed by atoms with Gasteiger partial charge in [-0.2, -0.15) is 5.10 Å². The number of aromatic nitrogens is 2. The van der Waals surface area contributed by atoms with Gasteiger partial charge in [0.05, 0.1) is 11.9 Å². The first kappa shape index (κ1) is 13.5. The Labute approximate surface area is 110 Å². The SMILES string of the molecule is Cn1cc(CNS(=O)(=O)c2cccc(F)c2N)cn1. The van der Waals surface area contributed by atoms with Crippen molar-refractivity contribution >= 4 is 15.7 Å². The molecule has 8 heteroatoms. The monoisotopic (exact) mass is 284 g/mol. The van der Waals surface area contributed by atoms with Crippen molar-refractivity contribution in [1.82, 2.24) is 14.5 Å². The maximum atomic E-state index is 13.2. The van der Waals surface area contributed by atoms with E-state index >= 15 is 0 Å². The number of hydrogen-bond donors (Lipinski definition) is 2. The van der Waals surface area contributed by atoms with Crippen molar-refractivity contribution < 1.29 is 12.8 Å². The van der Waals surface area contributed by atoms with Gasteiger partial charge in [0.2, 0.25) is 10.0 Å². The van der Waals surface area contributed by atoms with Crippen LogP contribution in [0.5, 0.6) is 0 Å². The first-order valence-corrected chi connectivity index (χ1v) is 6.89. The summed E-state index contributed by atoms with van der Waals surface area (Å²) in [6.07, 6.45) is 3.22. The maximum Gasteiger partial charge on any atom is 0.243 e. The first-order valence-electron chi connectivity index (χ1n) is 5.41. The molecular formula is C11H13FN4O2S. The van der Waals surface area contributed by atoms with Crippen LogP contribution in [-0.2, 0) is 23.6 Å². The van der Waals surface area contributed by atoms with Crippen LogP contribution in [0.2, 0.25) is 0 Å². The van der Waals surface area contributed by atoms with Crippen molar-refractivity contribution in [1.29, 1.82) is 0 Å². The average Bonchev–Trinajstić information content (AvgIpc) is 2.76. The van der Waals surface area contributed by atoms with E-state index in [1.165, 1.54) is 18.3 Å². The molecule has 2 rings (SSSR count). The van der Waals surface area contributed by atoms with Gasteiger partial charge in [0.1, 0.15) is 10.7 Å². The number of nitrogens with two attached hydrogens (primary N) is 1. The average molecular weight is 284 g/mol. The molecule has 1 heterocycles. The molecule has 0 aliphatic carbocycles. The Morgan fingerprint density at radius 2 is 2.21 bits per heavy atom. The summed E-state index contributed by atoms with van der Waals surface area (Å²) in [6, 6.07) is 3.66. The molecule has 19 heavy (non-hydrogen) atoms. The summed E-state index contributed by atoms with van der Waals surface area (Å²) in [5.74, 6) is -0.760. The number of nitrogens with zero attached hydrogens (tertiary/aromatic N) is 2. The van der Waals surface area contributed by atoms with Crippen LogP contribution in [0.25, 0.3) is 0 Å². The van der Waals surface area contributed by atoms with Gasteiger partial charge in [-0.1, -0.05) is 6.07 Å². The minimum atomic E-state index is -3.85. The Morgan fingerprint density at radius 3 is 2.84 bits per heavy atom. The van der Waals surface area contributed by atoms with Crippen LogP contribution in [0.15, 0.2) is 35.5 Å². The van der Waals surface area contributed by atoms with Crippen LogP contribution in [0.3, 0.4) is 0 Å². The van der Waals surface area contributed by atoms with Crippen molar-refractivity contribution in [3.63, 3.8) is 0 Å². The molecule has 6 nitrogen and oxygen atoms in total. The van der Waals surface area contributed by atoms with Crippen LogP contribution in [0, 0.1) is 5.82 Å². The van der Waals surface area contributed by atoms with Gasteiger partial charge in [0.15, 0.2) is 0 Å². The highest BCUT2D eigenvalue weighted by Gasteiger charge is 2.19. The van der Waals surface area contributed by atoms with E-state index < -0.39 is 15.8 Å². The lowest BCUT2D eigenvalue weighted by atomic mass is 10.3. The van der Waals surface area contributed by atoms with Crippen molar-refractivity contribution in [2.24, 2.45) is 7.05 Å². The third-order valence-corrected chi connectivity index (χ3v) is 3.99. The minimum absolute atomic E-state index is 0.0616. The highest BCUT2D eigenvalue weighted by atomic mass is 32.2. The number of benzene rings is 1. The van der Waals surface area contributed by atoms with E-state index in [1.54, 1.807) is 17.9 Å². The second-order valence-electron chi connectivity index (χ2n) is 4.00. The number of hydrogen-bond acceptors (Lipinski definition) is 4. The second-order valence-corrected chi connectivity index (χ2v) is 5.73. The summed E-state index contributed by atoms with van der Waals surface area (Å²) in [7, 11) is -2.13. The molecule has 0 saturated carbocycles. The lowest BCUT2D eigenvalue weighted by Crippen LogP contribution is -2.24. The number of sulfonamides is 1. The lowest BCUT2D eigenvalue weighted by molar-refractivity contribution is 0.579. The predicted octanol–water partition coefficient (Wildman–Crippen LogP) is 0.620. The summed E-state index contributed by atoms with van der Waals surface area (Å²) < 4.78 is 41.1. The fourth-order valence-electron chi connectivity index (χ4n) is 1.57. The van der Waals surface area contributed by atoms with Gasteiger partial charge in [0.25, 0.3) is 0 Å². The van der Waals surface area contributed by atoms with Gasteiger partial charge in [-0.3, -0.25) is 4.68 Å². The summed E-state index contributed by atoms with van der Waals surface area (Å²) in [6.45, 7) is 0.0616. The summed E-state index contributed by atoms with van der Waals surface area (Å²) in [5.41, 5.74) is 5.74. The normalized spacial score (nSPS) is 11.7. The topological polar surface area (TPSA) is 90.0 Å². The number of nitrogen functional groups attached to an aromatic ring is 1. The number of nitrogens with one attached hydrogen (secondary N) is 1. The van der Waals surface area contributed by atoms with Gasteiger partial charge in [-0.15, -0.1) is 0 Å². The summed E-state index contributed by atoms with van der Waals surface area (Å²) >= 11 is 0. The Bertz CT molecular complexity index is 696. The van der Waals surface area contributed by atoms with Crippen molar-refractivity contribution in [3.8, 4) is 0 Å². The van der Waals surface area contributed by atoms with E-state index in [0.717, 1.165) is 6.07 Å². The molecule has 0 unspecified atom stereocenters. The van der Waals surface area contributed by atoms with Crippen molar-refractivity contribution in [2.45, 2.75) is 11.4 Å². The number of anilines is 1. The Morgan fingerprint density at radius 1 is 1.47 bits per heavy atom. The summed E-state index contributed by atoms with van der Waals surface area (Å²) in [4.78, 5) is -0.267. The highest BCUT2D eigenvalue weighted by Crippen LogP contribution is 2.20. The molecular weight excluding hydrogens is 271 g/mol. The van der Waals surface area contributed by atoms with Crippen molar-refractivity contribution in [3.05, 3.63) is 42.0 Å². The zero-order chi connectivity index (χ0) is 14.0. The number of aryl methyl sites for hydroxylation is 1. The fourth-order valence-corrected chi connectivity index (χ4v) is 2.73. The Kier molecular flexibility index (Phi) is 3.54. The Hall–Kier alpha value is -1.93. The van der Waals surface area contributed by atoms with E-state index in [4.69, 9.17) is 5.73 Å². The van der Waals surface area contributed by atoms with E-state index in [0.29, 0.717) is 5.56 Å². The van der Waals surface area contributed by atoms with Crippen LogP contribution >= 0.6 is 0 Å². The molecule has 0 spiro atoms. The molecule has 0 atom stereocenters. The molecule has 0 fully saturated rings. The van der Waals surface area contributed by atoms with Gasteiger partial charge in [-0.25, -0.2) is 17.5 Å². The van der Waals surface area contributed by atoms with E-state index in [-0.39, 0.29) is 17.1 Å². The third-order valence-electron chi connectivity index (χ3n) is 2.53. The van der Waals surface area contributed by atoms with E-state index in [1.807, 2.05) is 0 Å². The van der Waals surface area contributed by atoms with Gasteiger partial charge in [0, 0.05) is 25.4 Å². The molecule has 0 amide bonds. The van der Waals surface area contributed by atoms with Crippen LogP contribution in [-0.4, -0.2) is 18.2 Å². The first-order chi connectivity index (χ1) is 8.90. The number of halogens is 1. The highest BCUT2D eigenvalue weighted by molar-refractivity contribution is 7.89. The zero-order valence-corrected chi connectivity index (χ0v) is 11.0. The van der Waals surface area contributed by atoms with E-state index in [2.05, 4.69) is 9.82 Å². The largest absolute Gasteiger partial charge is 0.395 e. The van der Waals surface area contributed by atoms with Crippen LogP contribution in [0.1, 0.15) is 5.56 Å². The van der Waals surface area contributed by atoms with E-state index in [9.17, 15) is 12.8 Å². The second kappa shape index (κ2) is 4.98. The molecule has 0 aliphatic heterocycles. The molecule has 0 radical (unpaired) electrons. The third kappa shape index (κ3) is 2.91. The molecule has 2 aromatic rings. The zero-order valence-electron chi connectivity index (χ0n) is 10.2. The predicted molar refractivity (Wildman–Crippen MR) is 68.0 cm³/mol. The standard InChI is InChI=1S/C11H13FN4O2S/c1-16-7-8(5-14-16)6-15-19(17,18)10-4-2-3-9(12)11(10)13/h2-5,7,15H,6,13H2,1H3. The molecule has 3 N–H and O–H groups in total. The van der Waals surface area contributed by atoms with Gasteiger partial charge in [-0.05, 0) is 12.1 Å². The number of rotatable bonds is 4. The quantitative estimate of drug-likeness (QED) is 0.805. The molecule has 0 saturated heterocycles. The molecule has 102 valence electrons. The van der Waals surface area contributed by atoms with Crippen LogP contribution in [0.4, 0.5) is 10.1 Å². The number of para-hydroxylation sites is 1. The summed E-state index contributed by atoms with van der Waals surface area (Å²) in [5, 5.41) is 3.92. The fraction of sp³-hybridized carbons (Fsp3) is 0.182. The molecule has 0 aliphatic rings. The van der Waals surface area contributed by atoms with Gasteiger partial charge >= 0.3 is 0 Å². The van der Waals surface area contributed by atoms with Crippen LogP contribution < -0.4 is 10.5 Å². The molecule has 1 aromatic carbocycles. The Balaban J connectivity index is 2.21. The molecule has 1 aromatic heterocycles.